The highest BCUT2D eigenvalue weighted by molar-refractivity contribution is 9.11. The predicted molar refractivity (Wildman–Crippen MR) is 81.1 cm³/mol. The first-order valence-electron chi connectivity index (χ1n) is 5.88. The van der Waals surface area contributed by atoms with Crippen molar-refractivity contribution in [2.24, 2.45) is 0 Å². The minimum atomic E-state index is -0.0763. The Bertz CT molecular complexity index is 555. The SMILES string of the molecule is O=C(NCCCc1ncc[nH]1)c1cc(Br)ccc1Br. The minimum Gasteiger partial charge on any atom is -0.352 e. The van der Waals surface area contributed by atoms with Crippen LogP contribution in [0.25, 0.3) is 0 Å². The first-order chi connectivity index (χ1) is 9.16. The zero-order chi connectivity index (χ0) is 13.7. The van der Waals surface area contributed by atoms with E-state index in [4.69, 9.17) is 0 Å². The molecule has 0 saturated heterocycles. The third-order valence-electron chi connectivity index (χ3n) is 2.60. The fourth-order valence-electron chi connectivity index (χ4n) is 1.66. The second-order valence-electron chi connectivity index (χ2n) is 4.02. The molecular weight excluding hydrogens is 374 g/mol. The van der Waals surface area contributed by atoms with Crippen molar-refractivity contribution in [1.82, 2.24) is 15.3 Å². The normalized spacial score (nSPS) is 10.4. The van der Waals surface area contributed by atoms with Crippen molar-refractivity contribution in [1.29, 1.82) is 0 Å². The monoisotopic (exact) mass is 385 g/mol. The zero-order valence-corrected chi connectivity index (χ0v) is 13.3. The van der Waals surface area contributed by atoms with Gasteiger partial charge in [-0.15, -0.1) is 0 Å². The molecule has 0 radical (unpaired) electrons. The molecule has 0 aliphatic rings. The van der Waals surface area contributed by atoms with Gasteiger partial charge in [-0.2, -0.15) is 0 Å². The molecule has 0 fully saturated rings. The summed E-state index contributed by atoms with van der Waals surface area (Å²) < 4.78 is 1.68. The summed E-state index contributed by atoms with van der Waals surface area (Å²) in [5, 5.41) is 2.90. The molecule has 0 aliphatic carbocycles. The lowest BCUT2D eigenvalue weighted by Gasteiger charge is -2.07. The summed E-state index contributed by atoms with van der Waals surface area (Å²) in [6.45, 7) is 0.623. The number of rotatable bonds is 5. The molecule has 0 aliphatic heterocycles. The quantitative estimate of drug-likeness (QED) is 0.774. The maximum absolute atomic E-state index is 12.0. The van der Waals surface area contributed by atoms with Crippen LogP contribution in [0.4, 0.5) is 0 Å². The Kier molecular flexibility index (Phi) is 5.15. The molecule has 19 heavy (non-hydrogen) atoms. The van der Waals surface area contributed by atoms with E-state index in [2.05, 4.69) is 47.1 Å². The molecule has 2 rings (SSSR count). The van der Waals surface area contributed by atoms with Gasteiger partial charge in [0.15, 0.2) is 0 Å². The molecule has 1 aromatic heterocycles. The van der Waals surface area contributed by atoms with Crippen molar-refractivity contribution in [2.45, 2.75) is 12.8 Å². The number of hydrogen-bond donors (Lipinski definition) is 2. The van der Waals surface area contributed by atoms with Crippen LogP contribution in [-0.4, -0.2) is 22.4 Å². The van der Waals surface area contributed by atoms with E-state index in [1.54, 1.807) is 18.5 Å². The highest BCUT2D eigenvalue weighted by Gasteiger charge is 2.09. The highest BCUT2D eigenvalue weighted by atomic mass is 79.9. The van der Waals surface area contributed by atoms with Gasteiger partial charge in [-0.05, 0) is 40.5 Å². The summed E-state index contributed by atoms with van der Waals surface area (Å²) in [7, 11) is 0. The Balaban J connectivity index is 1.82. The standard InChI is InChI=1S/C13H13Br2N3O/c14-9-3-4-11(15)10(8-9)13(19)18-5-1-2-12-16-6-7-17-12/h3-4,6-8H,1-2,5H2,(H,16,17)(H,18,19). The Hall–Kier alpha value is -1.14. The summed E-state index contributed by atoms with van der Waals surface area (Å²) >= 11 is 6.73. The number of nitrogens with one attached hydrogen (secondary N) is 2. The maximum Gasteiger partial charge on any atom is 0.252 e. The number of hydrogen-bond acceptors (Lipinski definition) is 2. The predicted octanol–water partition coefficient (Wildman–Crippen LogP) is 3.30. The van der Waals surface area contributed by atoms with Crippen molar-refractivity contribution >= 4 is 37.8 Å². The van der Waals surface area contributed by atoms with Gasteiger partial charge >= 0.3 is 0 Å². The van der Waals surface area contributed by atoms with Gasteiger partial charge < -0.3 is 10.3 Å². The first-order valence-corrected chi connectivity index (χ1v) is 7.47. The molecule has 1 heterocycles. The van der Waals surface area contributed by atoms with Gasteiger partial charge in [0.1, 0.15) is 5.82 Å². The Morgan fingerprint density at radius 1 is 1.37 bits per heavy atom. The van der Waals surface area contributed by atoms with Crippen LogP contribution in [0.1, 0.15) is 22.6 Å². The lowest BCUT2D eigenvalue weighted by Crippen LogP contribution is -2.25. The number of aromatic amines is 1. The fraction of sp³-hybridized carbons (Fsp3) is 0.231. The van der Waals surface area contributed by atoms with Crippen LogP contribution in [0.15, 0.2) is 39.5 Å². The van der Waals surface area contributed by atoms with Gasteiger partial charge in [-0.1, -0.05) is 15.9 Å². The van der Waals surface area contributed by atoms with Gasteiger partial charge in [0, 0.05) is 34.3 Å². The molecule has 100 valence electrons. The van der Waals surface area contributed by atoms with Crippen LogP contribution in [0.3, 0.4) is 0 Å². The lowest BCUT2D eigenvalue weighted by molar-refractivity contribution is 0.0952. The van der Waals surface area contributed by atoms with Crippen LogP contribution in [0, 0.1) is 0 Å². The lowest BCUT2D eigenvalue weighted by atomic mass is 10.2. The number of benzene rings is 1. The molecule has 0 saturated carbocycles. The van der Waals surface area contributed by atoms with E-state index in [9.17, 15) is 4.79 Å². The van der Waals surface area contributed by atoms with Crippen molar-refractivity contribution in [2.75, 3.05) is 6.54 Å². The number of halogens is 2. The summed E-state index contributed by atoms with van der Waals surface area (Å²) in [5.74, 6) is 0.866. The number of H-pyrrole nitrogens is 1. The Morgan fingerprint density at radius 2 is 2.21 bits per heavy atom. The van der Waals surface area contributed by atoms with E-state index in [1.807, 2.05) is 12.1 Å². The molecule has 0 unspecified atom stereocenters. The highest BCUT2D eigenvalue weighted by Crippen LogP contribution is 2.21. The largest absolute Gasteiger partial charge is 0.352 e. The summed E-state index contributed by atoms with van der Waals surface area (Å²) in [5.41, 5.74) is 0.632. The van der Waals surface area contributed by atoms with Gasteiger partial charge in [0.25, 0.3) is 5.91 Å². The van der Waals surface area contributed by atoms with Crippen molar-refractivity contribution in [3.8, 4) is 0 Å². The number of nitrogens with zero attached hydrogens (tertiary/aromatic N) is 1. The van der Waals surface area contributed by atoms with Crippen LogP contribution in [-0.2, 0) is 6.42 Å². The minimum absolute atomic E-state index is 0.0763. The number of amides is 1. The van der Waals surface area contributed by atoms with Gasteiger partial charge in [0.05, 0.1) is 5.56 Å². The van der Waals surface area contributed by atoms with Crippen LogP contribution in [0.2, 0.25) is 0 Å². The Morgan fingerprint density at radius 3 is 2.95 bits per heavy atom. The molecule has 1 aromatic carbocycles. The van der Waals surface area contributed by atoms with Gasteiger partial charge in [0.2, 0.25) is 0 Å². The third-order valence-corrected chi connectivity index (χ3v) is 3.79. The van der Waals surface area contributed by atoms with E-state index in [0.717, 1.165) is 27.6 Å². The maximum atomic E-state index is 12.0. The number of carbonyl (C=O) groups excluding carboxylic acids is 1. The Labute approximate surface area is 128 Å². The van der Waals surface area contributed by atoms with E-state index in [-0.39, 0.29) is 5.91 Å². The topological polar surface area (TPSA) is 57.8 Å². The van der Waals surface area contributed by atoms with Crippen molar-refractivity contribution < 1.29 is 4.79 Å². The van der Waals surface area contributed by atoms with E-state index >= 15 is 0 Å². The molecule has 4 nitrogen and oxygen atoms in total. The van der Waals surface area contributed by atoms with Crippen LogP contribution in [0.5, 0.6) is 0 Å². The molecule has 0 bridgehead atoms. The van der Waals surface area contributed by atoms with Crippen molar-refractivity contribution in [3.63, 3.8) is 0 Å². The van der Waals surface area contributed by atoms with Gasteiger partial charge in [-0.3, -0.25) is 4.79 Å². The van der Waals surface area contributed by atoms with E-state index < -0.39 is 0 Å². The molecular formula is C13H13Br2N3O. The zero-order valence-electron chi connectivity index (χ0n) is 10.1. The van der Waals surface area contributed by atoms with E-state index in [1.165, 1.54) is 0 Å². The number of aromatic nitrogens is 2. The molecule has 1 amide bonds. The number of aryl methyl sites for hydroxylation is 1. The molecule has 2 aromatic rings. The number of imidazole rings is 1. The molecule has 0 atom stereocenters. The third kappa shape index (κ3) is 4.18. The van der Waals surface area contributed by atoms with Crippen LogP contribution >= 0.6 is 31.9 Å². The van der Waals surface area contributed by atoms with Crippen molar-refractivity contribution in [3.05, 3.63) is 50.9 Å². The van der Waals surface area contributed by atoms with E-state index in [0.29, 0.717) is 12.1 Å². The summed E-state index contributed by atoms with van der Waals surface area (Å²) in [6, 6.07) is 5.53. The summed E-state index contributed by atoms with van der Waals surface area (Å²) in [4.78, 5) is 19.2. The average Bonchev–Trinajstić information content (AvgIpc) is 2.90. The molecule has 0 spiro atoms. The fourth-order valence-corrected chi connectivity index (χ4v) is 2.45. The van der Waals surface area contributed by atoms with Gasteiger partial charge in [-0.25, -0.2) is 4.98 Å². The molecule has 6 heteroatoms. The molecule has 2 N–H and O–H groups in total. The second kappa shape index (κ2) is 6.86. The second-order valence-corrected chi connectivity index (χ2v) is 5.79. The number of carbonyl (C=O) groups is 1. The average molecular weight is 387 g/mol. The smallest absolute Gasteiger partial charge is 0.252 e. The van der Waals surface area contributed by atoms with Crippen LogP contribution < -0.4 is 5.32 Å². The first kappa shape index (κ1) is 14.3. The summed E-state index contributed by atoms with van der Waals surface area (Å²) in [6.07, 6.45) is 5.21.